The highest BCUT2D eigenvalue weighted by molar-refractivity contribution is 5.85. The van der Waals surface area contributed by atoms with E-state index >= 15 is 0 Å². The van der Waals surface area contributed by atoms with Gasteiger partial charge in [-0.2, -0.15) is 0 Å². The van der Waals surface area contributed by atoms with E-state index < -0.39 is 11.6 Å². The molecule has 0 aliphatic carbocycles. The van der Waals surface area contributed by atoms with Crippen LogP contribution in [0.2, 0.25) is 0 Å². The number of hydrogen-bond acceptors (Lipinski definition) is 2. The van der Waals surface area contributed by atoms with Crippen LogP contribution in [0.3, 0.4) is 0 Å². The van der Waals surface area contributed by atoms with Gasteiger partial charge in [0.2, 0.25) is 0 Å². The maximum absolute atomic E-state index is 13.2. The van der Waals surface area contributed by atoms with E-state index in [-0.39, 0.29) is 18.2 Å². The number of rotatable bonds is 3. The fourth-order valence-corrected chi connectivity index (χ4v) is 1.85. The molecule has 96 valence electrons. The largest absolute Gasteiger partial charge is 0.490 e. The average molecular weight is 264 g/mol. The van der Waals surface area contributed by atoms with E-state index in [4.69, 9.17) is 4.74 Å². The van der Waals surface area contributed by atoms with Crippen LogP contribution in [0.4, 0.5) is 8.78 Å². The minimum absolute atomic E-state index is 0. The summed E-state index contributed by atoms with van der Waals surface area (Å²) in [7, 11) is 0. The lowest BCUT2D eigenvalue weighted by Crippen LogP contribution is -2.30. The Morgan fingerprint density at radius 1 is 1.24 bits per heavy atom. The summed E-state index contributed by atoms with van der Waals surface area (Å²) in [6.07, 6.45) is 2.09. The Hall–Kier alpha value is -0.870. The number of benzene rings is 1. The van der Waals surface area contributed by atoms with E-state index in [1.165, 1.54) is 12.1 Å². The number of hydrogen-bond donors (Lipinski definition) is 1. The Morgan fingerprint density at radius 3 is 2.59 bits per heavy atom. The van der Waals surface area contributed by atoms with Crippen molar-refractivity contribution in [3.05, 3.63) is 29.8 Å². The Balaban J connectivity index is 0.00000144. The SMILES string of the molecule is Cl.Fc1ccc(OCC2CCNCC2)c(F)c1. The predicted molar refractivity (Wildman–Crippen MR) is 64.7 cm³/mol. The Labute approximate surface area is 106 Å². The van der Waals surface area contributed by atoms with Crippen LogP contribution in [-0.2, 0) is 0 Å². The third-order valence-electron chi connectivity index (χ3n) is 2.83. The summed E-state index contributed by atoms with van der Waals surface area (Å²) in [4.78, 5) is 0. The topological polar surface area (TPSA) is 21.3 Å². The van der Waals surface area contributed by atoms with Crippen molar-refractivity contribution in [2.24, 2.45) is 5.92 Å². The van der Waals surface area contributed by atoms with Crippen LogP contribution in [0.1, 0.15) is 12.8 Å². The highest BCUT2D eigenvalue weighted by Crippen LogP contribution is 2.20. The molecule has 0 unspecified atom stereocenters. The zero-order valence-corrected chi connectivity index (χ0v) is 10.2. The second-order valence-electron chi connectivity index (χ2n) is 4.08. The lowest BCUT2D eigenvalue weighted by molar-refractivity contribution is 0.208. The number of piperidine rings is 1. The van der Waals surface area contributed by atoms with Crippen LogP contribution in [0.25, 0.3) is 0 Å². The minimum Gasteiger partial charge on any atom is -0.490 e. The monoisotopic (exact) mass is 263 g/mol. The van der Waals surface area contributed by atoms with Gasteiger partial charge in [0.25, 0.3) is 0 Å². The lowest BCUT2D eigenvalue weighted by Gasteiger charge is -2.22. The first-order valence-corrected chi connectivity index (χ1v) is 5.54. The summed E-state index contributed by atoms with van der Waals surface area (Å²) in [6, 6.07) is 3.39. The van der Waals surface area contributed by atoms with Gasteiger partial charge in [0.1, 0.15) is 5.82 Å². The molecule has 0 atom stereocenters. The van der Waals surface area contributed by atoms with Gasteiger partial charge in [-0.25, -0.2) is 8.78 Å². The summed E-state index contributed by atoms with van der Waals surface area (Å²) in [5.41, 5.74) is 0. The molecule has 1 aromatic carbocycles. The first-order valence-electron chi connectivity index (χ1n) is 5.54. The van der Waals surface area contributed by atoms with Gasteiger partial charge in [0.05, 0.1) is 6.61 Å². The molecule has 1 aliphatic rings. The Morgan fingerprint density at radius 2 is 1.94 bits per heavy atom. The van der Waals surface area contributed by atoms with Crippen molar-refractivity contribution in [1.29, 1.82) is 0 Å². The zero-order chi connectivity index (χ0) is 11.4. The molecule has 1 fully saturated rings. The Bertz CT molecular complexity index is 356. The molecule has 1 saturated heterocycles. The standard InChI is InChI=1S/C12H15F2NO.ClH/c13-10-1-2-12(11(14)7-10)16-8-9-3-5-15-6-4-9;/h1-2,7,9,15H,3-6,8H2;1H. The van der Waals surface area contributed by atoms with Crippen LogP contribution in [0, 0.1) is 17.6 Å². The van der Waals surface area contributed by atoms with Crippen molar-refractivity contribution >= 4 is 12.4 Å². The molecule has 2 nitrogen and oxygen atoms in total. The summed E-state index contributed by atoms with van der Waals surface area (Å²) in [5, 5.41) is 3.25. The highest BCUT2D eigenvalue weighted by atomic mass is 35.5. The molecule has 17 heavy (non-hydrogen) atoms. The van der Waals surface area contributed by atoms with Crippen molar-refractivity contribution in [2.45, 2.75) is 12.8 Å². The molecule has 0 bridgehead atoms. The number of nitrogens with one attached hydrogen (secondary N) is 1. The molecule has 0 saturated carbocycles. The molecule has 1 aromatic rings. The Kier molecular flexibility index (Phi) is 5.65. The maximum atomic E-state index is 13.2. The fourth-order valence-electron chi connectivity index (χ4n) is 1.85. The first-order chi connectivity index (χ1) is 7.75. The minimum atomic E-state index is -0.631. The quantitative estimate of drug-likeness (QED) is 0.905. The zero-order valence-electron chi connectivity index (χ0n) is 9.42. The van der Waals surface area contributed by atoms with Gasteiger partial charge in [0.15, 0.2) is 11.6 Å². The fraction of sp³-hybridized carbons (Fsp3) is 0.500. The average Bonchev–Trinajstić information content (AvgIpc) is 2.29. The van der Waals surface area contributed by atoms with Gasteiger partial charge in [0, 0.05) is 6.07 Å². The van der Waals surface area contributed by atoms with Crippen molar-refractivity contribution < 1.29 is 13.5 Å². The summed E-state index contributed by atoms with van der Waals surface area (Å²) in [5.74, 6) is -0.605. The molecule has 0 aromatic heterocycles. The van der Waals surface area contributed by atoms with Crippen LogP contribution >= 0.6 is 12.4 Å². The van der Waals surface area contributed by atoms with Gasteiger partial charge in [-0.1, -0.05) is 0 Å². The normalized spacial score (nSPS) is 16.4. The van der Waals surface area contributed by atoms with Gasteiger partial charge in [-0.3, -0.25) is 0 Å². The molecule has 0 amide bonds. The van der Waals surface area contributed by atoms with Crippen LogP contribution in [0.15, 0.2) is 18.2 Å². The molecule has 1 aliphatic heterocycles. The van der Waals surface area contributed by atoms with Crippen molar-refractivity contribution in [1.82, 2.24) is 5.32 Å². The molecule has 2 rings (SSSR count). The van der Waals surface area contributed by atoms with E-state index in [9.17, 15) is 8.78 Å². The van der Waals surface area contributed by atoms with Gasteiger partial charge in [-0.05, 0) is 44.0 Å². The smallest absolute Gasteiger partial charge is 0.167 e. The third kappa shape index (κ3) is 4.13. The second kappa shape index (κ2) is 6.77. The molecule has 5 heteroatoms. The van der Waals surface area contributed by atoms with E-state index in [0.717, 1.165) is 32.0 Å². The molecular weight excluding hydrogens is 248 g/mol. The first kappa shape index (κ1) is 14.2. The van der Waals surface area contributed by atoms with Crippen molar-refractivity contribution in [3.63, 3.8) is 0 Å². The van der Waals surface area contributed by atoms with E-state index in [1.54, 1.807) is 0 Å². The number of ether oxygens (including phenoxy) is 1. The molecule has 1 heterocycles. The summed E-state index contributed by atoms with van der Waals surface area (Å²) >= 11 is 0. The summed E-state index contributed by atoms with van der Waals surface area (Å²) < 4.78 is 31.2. The molecular formula is C12H16ClF2NO. The van der Waals surface area contributed by atoms with Crippen LogP contribution in [-0.4, -0.2) is 19.7 Å². The van der Waals surface area contributed by atoms with E-state index in [0.29, 0.717) is 12.5 Å². The predicted octanol–water partition coefficient (Wildman–Crippen LogP) is 2.77. The molecule has 1 N–H and O–H groups in total. The number of halogens is 3. The van der Waals surface area contributed by atoms with Crippen LogP contribution < -0.4 is 10.1 Å². The van der Waals surface area contributed by atoms with E-state index in [2.05, 4.69) is 5.32 Å². The maximum Gasteiger partial charge on any atom is 0.167 e. The van der Waals surface area contributed by atoms with Gasteiger partial charge >= 0.3 is 0 Å². The third-order valence-corrected chi connectivity index (χ3v) is 2.83. The van der Waals surface area contributed by atoms with E-state index in [1.807, 2.05) is 0 Å². The van der Waals surface area contributed by atoms with Crippen molar-refractivity contribution in [2.75, 3.05) is 19.7 Å². The lowest BCUT2D eigenvalue weighted by atomic mass is 9.99. The van der Waals surface area contributed by atoms with Crippen molar-refractivity contribution in [3.8, 4) is 5.75 Å². The highest BCUT2D eigenvalue weighted by Gasteiger charge is 2.14. The van der Waals surface area contributed by atoms with Gasteiger partial charge in [-0.15, -0.1) is 12.4 Å². The van der Waals surface area contributed by atoms with Crippen LogP contribution in [0.5, 0.6) is 5.75 Å². The molecule has 0 spiro atoms. The second-order valence-corrected chi connectivity index (χ2v) is 4.08. The molecule has 0 radical (unpaired) electrons. The summed E-state index contributed by atoms with van der Waals surface area (Å²) in [6.45, 7) is 2.48. The van der Waals surface area contributed by atoms with Gasteiger partial charge < -0.3 is 10.1 Å².